The van der Waals surface area contributed by atoms with Crippen LogP contribution in [0.1, 0.15) is 0 Å². The molecule has 8 heterocycles. The molecule has 0 atom stereocenters. The Morgan fingerprint density at radius 2 is 0.593 bits per heavy atom. The molecule has 8 heteroatoms. The van der Waals surface area contributed by atoms with E-state index in [0.717, 1.165) is 34.1 Å². The summed E-state index contributed by atoms with van der Waals surface area (Å²) in [4.78, 5) is 5.00. The Balaban J connectivity index is 0.968. The molecule has 0 unspecified atom stereocenters. The first kappa shape index (κ1) is 45.3. The molecule has 0 saturated carbocycles. The number of aromatic nitrogens is 4. The molecule has 6 nitrogen and oxygen atoms in total. The van der Waals surface area contributed by atoms with Crippen molar-refractivity contribution in [1.82, 2.24) is 18.1 Å². The first-order valence-corrected chi connectivity index (χ1v) is 30.0. The minimum Gasteiger partial charge on any atom is -0.375 e. The Labute approximate surface area is 494 Å². The Hall–Kier alpha value is -11.2. The summed E-state index contributed by atoms with van der Waals surface area (Å²) in [7, 11) is 0. The average molecular weight is 1090 g/mol. The van der Waals surface area contributed by atoms with Crippen molar-refractivity contribution >= 4 is 157 Å². The van der Waals surface area contributed by atoms with Crippen LogP contribution in [0.15, 0.2) is 279 Å². The summed E-state index contributed by atoms with van der Waals surface area (Å²) in [5, 5.41) is 10.0. The number of nitrogens with zero attached hydrogens (tertiary/aromatic N) is 6. The fraction of sp³-hybridized carbons (Fsp3) is 0. The standard InChI is InChI=1S/C78H46B2N6/c1-5-23-47(24-6-1)81(48-25-7-2-8-26-48)69-43-59-55-37-21-35-53-51-31-13-19-41-65(51)85(75(53)55)79-61-45-62-68(46-67(61)83-63-39-17-15-33-57(63)71(69)77(83)73(59)79)84-64-40-18-16-34-58(64)72-70(82(49-27-9-3-10-28-49)50-29-11-4-12-30-50)44-60-56-38-22-36-54-52-32-14-20-42-66(52)86(76(54)56)80(62)74(60)78(72)84/h1-46H. The summed E-state index contributed by atoms with van der Waals surface area (Å²) in [5.41, 5.74) is 29.4. The van der Waals surface area contributed by atoms with Crippen LogP contribution < -0.4 is 31.7 Å². The molecule has 0 N–H and O–H groups in total. The molecular formula is C78H46B2N6. The predicted molar refractivity (Wildman–Crippen MR) is 362 cm³/mol. The van der Waals surface area contributed by atoms with E-state index in [-0.39, 0.29) is 13.7 Å². The quantitative estimate of drug-likeness (QED) is 0.155. The van der Waals surface area contributed by atoms with E-state index < -0.39 is 0 Å². The molecule has 0 bridgehead atoms. The maximum Gasteiger partial charge on any atom is 0.333 e. The van der Waals surface area contributed by atoms with Gasteiger partial charge in [0, 0.05) is 110 Å². The highest BCUT2D eigenvalue weighted by molar-refractivity contribution is 6.93. The second kappa shape index (κ2) is 16.3. The molecule has 86 heavy (non-hydrogen) atoms. The first-order valence-electron chi connectivity index (χ1n) is 30.0. The minimum absolute atomic E-state index is 0.176. The van der Waals surface area contributed by atoms with E-state index in [0.29, 0.717) is 0 Å². The summed E-state index contributed by atoms with van der Waals surface area (Å²) in [5.74, 6) is 0. The Morgan fingerprint density at radius 1 is 0.256 bits per heavy atom. The highest BCUT2D eigenvalue weighted by atomic mass is 15.2. The van der Waals surface area contributed by atoms with Gasteiger partial charge in [-0.1, -0.05) is 188 Å². The predicted octanol–water partition coefficient (Wildman–Crippen LogP) is 16.9. The molecule has 4 aromatic heterocycles. The van der Waals surface area contributed by atoms with Crippen molar-refractivity contribution in [3.63, 3.8) is 0 Å². The molecule has 0 fully saturated rings. The molecule has 4 aliphatic heterocycles. The molecule has 0 aliphatic carbocycles. The van der Waals surface area contributed by atoms with Gasteiger partial charge in [-0.15, -0.1) is 0 Å². The molecule has 394 valence electrons. The van der Waals surface area contributed by atoms with Crippen molar-refractivity contribution in [2.75, 3.05) is 9.80 Å². The van der Waals surface area contributed by atoms with Gasteiger partial charge in [0.1, 0.15) is 0 Å². The zero-order valence-corrected chi connectivity index (χ0v) is 46.4. The smallest absolute Gasteiger partial charge is 0.333 e. The summed E-state index contributed by atoms with van der Waals surface area (Å²) in [6, 6.07) is 105. The molecule has 0 radical (unpaired) electrons. The van der Waals surface area contributed by atoms with Crippen molar-refractivity contribution in [2.24, 2.45) is 0 Å². The van der Waals surface area contributed by atoms with E-state index in [1.54, 1.807) is 0 Å². The van der Waals surface area contributed by atoms with Crippen LogP contribution in [0.2, 0.25) is 0 Å². The van der Waals surface area contributed by atoms with Gasteiger partial charge >= 0.3 is 13.7 Å². The van der Waals surface area contributed by atoms with Crippen LogP contribution in [-0.4, -0.2) is 31.8 Å². The van der Waals surface area contributed by atoms with Gasteiger partial charge in [0.05, 0.1) is 33.4 Å². The van der Waals surface area contributed by atoms with Gasteiger partial charge in [-0.25, -0.2) is 0 Å². The summed E-state index contributed by atoms with van der Waals surface area (Å²) >= 11 is 0. The van der Waals surface area contributed by atoms with E-state index in [9.17, 15) is 0 Å². The van der Waals surface area contributed by atoms with Crippen molar-refractivity contribution in [3.05, 3.63) is 279 Å². The molecule has 13 aromatic carbocycles. The van der Waals surface area contributed by atoms with Gasteiger partial charge in [0.15, 0.2) is 0 Å². The maximum atomic E-state index is 2.74. The third-order valence-corrected chi connectivity index (χ3v) is 19.8. The minimum atomic E-state index is -0.176. The van der Waals surface area contributed by atoms with Crippen molar-refractivity contribution in [3.8, 4) is 33.6 Å². The van der Waals surface area contributed by atoms with Crippen molar-refractivity contribution < 1.29 is 0 Å². The third-order valence-electron chi connectivity index (χ3n) is 19.8. The number of anilines is 6. The van der Waals surface area contributed by atoms with Crippen LogP contribution in [-0.2, 0) is 0 Å². The van der Waals surface area contributed by atoms with E-state index in [2.05, 4.69) is 307 Å². The van der Waals surface area contributed by atoms with Gasteiger partial charge in [-0.2, -0.15) is 0 Å². The van der Waals surface area contributed by atoms with Crippen LogP contribution in [0, 0.1) is 0 Å². The van der Waals surface area contributed by atoms with Crippen LogP contribution >= 0.6 is 0 Å². The lowest BCUT2D eigenvalue weighted by Crippen LogP contribution is -2.60. The molecular weight excluding hydrogens is 1040 g/mol. The number of hydrogen-bond donors (Lipinski definition) is 0. The number of benzene rings is 13. The fourth-order valence-electron chi connectivity index (χ4n) is 16.7. The van der Waals surface area contributed by atoms with Gasteiger partial charge < -0.3 is 27.9 Å². The van der Waals surface area contributed by atoms with Gasteiger partial charge in [-0.3, -0.25) is 0 Å². The largest absolute Gasteiger partial charge is 0.375 e. The molecule has 17 aromatic rings. The maximum absolute atomic E-state index is 2.74. The number of hydrogen-bond acceptors (Lipinski definition) is 2. The highest BCUT2D eigenvalue weighted by Gasteiger charge is 2.48. The molecule has 4 aliphatic rings. The van der Waals surface area contributed by atoms with Gasteiger partial charge in [0.2, 0.25) is 0 Å². The van der Waals surface area contributed by atoms with E-state index >= 15 is 0 Å². The average Bonchev–Trinajstić information content (AvgIpc) is 1.45. The van der Waals surface area contributed by atoms with Crippen LogP contribution in [0.5, 0.6) is 0 Å². The number of para-hydroxylation sites is 10. The van der Waals surface area contributed by atoms with Crippen LogP contribution in [0.3, 0.4) is 0 Å². The monoisotopic (exact) mass is 1090 g/mol. The first-order chi connectivity index (χ1) is 42.8. The summed E-state index contributed by atoms with van der Waals surface area (Å²) in [6.45, 7) is -0.352. The molecule has 0 spiro atoms. The lowest BCUT2D eigenvalue weighted by Gasteiger charge is -2.38. The Morgan fingerprint density at radius 3 is 0.988 bits per heavy atom. The van der Waals surface area contributed by atoms with Gasteiger partial charge in [-0.05, 0) is 124 Å². The summed E-state index contributed by atoms with van der Waals surface area (Å²) < 4.78 is 10.8. The van der Waals surface area contributed by atoms with Gasteiger partial charge in [0.25, 0.3) is 0 Å². The third kappa shape index (κ3) is 5.52. The Bertz CT molecular complexity index is 5420. The molecule has 0 amide bonds. The lowest BCUT2D eigenvalue weighted by atomic mass is 9.41. The van der Waals surface area contributed by atoms with E-state index in [1.165, 1.54) is 143 Å². The second-order valence-electron chi connectivity index (χ2n) is 23.8. The highest BCUT2D eigenvalue weighted by Crippen LogP contribution is 2.53. The van der Waals surface area contributed by atoms with Crippen LogP contribution in [0.25, 0.3) is 121 Å². The number of rotatable bonds is 6. The molecule has 21 rings (SSSR count). The fourth-order valence-corrected chi connectivity index (χ4v) is 16.7. The number of fused-ring (bicyclic) bond motifs is 22. The van der Waals surface area contributed by atoms with E-state index in [4.69, 9.17) is 0 Å². The normalized spacial score (nSPS) is 13.1. The Kier molecular flexibility index (Phi) is 8.60. The molecule has 0 saturated heterocycles. The SMILES string of the molecule is c1ccc(N(c2ccccc2)c2cc3c4c5c2c2ccccc2n5-c2cc5c(cc2B4n2c4ccccc4c4cccc-3c42)B2c3c(cc(N(c4ccccc4)c4ccccc4)c4c6ccccc6n-5c34)-c3cccc4c5ccccc5n2c34)cc1. The lowest BCUT2D eigenvalue weighted by molar-refractivity contribution is 1.13. The second-order valence-corrected chi connectivity index (χ2v) is 23.8. The summed E-state index contributed by atoms with van der Waals surface area (Å²) in [6.07, 6.45) is 0. The topological polar surface area (TPSA) is 26.2 Å². The van der Waals surface area contributed by atoms with E-state index in [1.807, 2.05) is 0 Å². The van der Waals surface area contributed by atoms with Crippen molar-refractivity contribution in [2.45, 2.75) is 0 Å². The zero-order valence-electron chi connectivity index (χ0n) is 46.4. The van der Waals surface area contributed by atoms with Crippen molar-refractivity contribution in [1.29, 1.82) is 0 Å². The van der Waals surface area contributed by atoms with Crippen LogP contribution in [0.4, 0.5) is 34.1 Å². The zero-order chi connectivity index (χ0) is 55.6.